The van der Waals surface area contributed by atoms with Gasteiger partial charge in [0.05, 0.1) is 10.2 Å². The van der Waals surface area contributed by atoms with Crippen LogP contribution in [-0.2, 0) is 15.5 Å². The number of hydrogen-bond acceptors (Lipinski definition) is 4. The molecule has 26 heavy (non-hydrogen) atoms. The molecule has 0 amide bonds. The maximum atomic E-state index is 13.5. The summed E-state index contributed by atoms with van der Waals surface area (Å²) < 4.78 is 19.4. The first-order valence-corrected chi connectivity index (χ1v) is 10.2. The first-order chi connectivity index (χ1) is 12.5. The van der Waals surface area contributed by atoms with E-state index < -0.39 is 12.4 Å². The van der Waals surface area contributed by atoms with Gasteiger partial charge in [0.15, 0.2) is 0 Å². The number of rotatable bonds is 6. The van der Waals surface area contributed by atoms with Crippen molar-refractivity contribution in [1.82, 2.24) is 5.09 Å². The highest BCUT2D eigenvalue weighted by Gasteiger charge is 2.35. The molecule has 7 heteroatoms. The number of nitrogens with one attached hydrogen (secondary N) is 1. The molecule has 1 aliphatic heterocycles. The molecule has 2 aromatic rings. The minimum absolute atomic E-state index is 0.102. The number of aryl methyl sites for hydroxylation is 1. The van der Waals surface area contributed by atoms with Gasteiger partial charge in [-0.3, -0.25) is 14.7 Å². The number of nitro groups is 1. The van der Waals surface area contributed by atoms with E-state index in [1.54, 1.807) is 12.1 Å². The molecule has 0 saturated carbocycles. The Morgan fingerprint density at radius 3 is 2.50 bits per heavy atom. The van der Waals surface area contributed by atoms with Crippen LogP contribution in [0.4, 0.5) is 5.69 Å². The van der Waals surface area contributed by atoms with Crippen molar-refractivity contribution in [2.24, 2.45) is 0 Å². The summed E-state index contributed by atoms with van der Waals surface area (Å²) in [6.07, 6.45) is 3.48. The summed E-state index contributed by atoms with van der Waals surface area (Å²) in [6, 6.07) is 12.3. The lowest BCUT2D eigenvalue weighted by molar-refractivity contribution is -0.384. The average Bonchev–Trinajstić information content (AvgIpc) is 2.66. The molecule has 0 radical (unpaired) electrons. The number of nitrogens with zero attached hydrogens (tertiary/aromatic N) is 1. The van der Waals surface area contributed by atoms with E-state index in [9.17, 15) is 14.7 Å². The van der Waals surface area contributed by atoms with Crippen molar-refractivity contribution in [2.75, 3.05) is 6.54 Å². The molecule has 2 aromatic carbocycles. The number of hydrogen-bond donors (Lipinski definition) is 1. The van der Waals surface area contributed by atoms with Gasteiger partial charge in [0, 0.05) is 24.2 Å². The molecule has 136 valence electrons. The normalized spacial score (nSPS) is 18.6. The van der Waals surface area contributed by atoms with E-state index in [1.165, 1.54) is 17.7 Å². The Kier molecular flexibility index (Phi) is 5.25. The minimum Gasteiger partial charge on any atom is -0.429 e. The molecule has 3 rings (SSSR count). The molecule has 1 unspecified atom stereocenters. The second kappa shape index (κ2) is 7.44. The van der Waals surface area contributed by atoms with Gasteiger partial charge >= 0.3 is 7.52 Å². The highest BCUT2D eigenvalue weighted by molar-refractivity contribution is 7.65. The fraction of sp³-hybridized carbons (Fsp3) is 0.263. The van der Waals surface area contributed by atoms with E-state index in [0.717, 1.165) is 18.4 Å². The van der Waals surface area contributed by atoms with Crippen LogP contribution in [0.15, 0.2) is 42.5 Å². The van der Waals surface area contributed by atoms with Crippen LogP contribution in [0.3, 0.4) is 0 Å². The average molecular weight is 372 g/mol. The van der Waals surface area contributed by atoms with Gasteiger partial charge in [0.2, 0.25) is 0 Å². The number of non-ortho nitro benzene ring substituents is 1. The fourth-order valence-corrected chi connectivity index (χ4v) is 4.86. The lowest BCUT2D eigenvalue weighted by Gasteiger charge is -2.27. The highest BCUT2D eigenvalue weighted by atomic mass is 31.2. The summed E-state index contributed by atoms with van der Waals surface area (Å²) >= 11 is 0. The number of benzene rings is 2. The summed E-state index contributed by atoms with van der Waals surface area (Å²) in [6.45, 7) is 4.52. The highest BCUT2D eigenvalue weighted by Crippen LogP contribution is 2.50. The SMILES string of the molecule is CCCNP1(=O)OC(c2ccc(CC)cc2)=Cc2ccc([N+](=O)[O-])cc21. The van der Waals surface area contributed by atoms with Gasteiger partial charge in [-0.1, -0.05) is 38.1 Å². The Morgan fingerprint density at radius 2 is 1.88 bits per heavy atom. The molecule has 0 aliphatic carbocycles. The van der Waals surface area contributed by atoms with Gasteiger partial charge in [-0.15, -0.1) is 0 Å². The Morgan fingerprint density at radius 1 is 1.15 bits per heavy atom. The Hall–Kier alpha value is -2.43. The van der Waals surface area contributed by atoms with Crippen LogP contribution in [0.2, 0.25) is 0 Å². The maximum Gasteiger partial charge on any atom is 0.347 e. The van der Waals surface area contributed by atoms with Gasteiger partial charge < -0.3 is 4.52 Å². The molecule has 0 bridgehead atoms. The molecular weight excluding hydrogens is 351 g/mol. The first-order valence-electron chi connectivity index (χ1n) is 8.61. The molecule has 0 aromatic heterocycles. The van der Waals surface area contributed by atoms with Crippen molar-refractivity contribution >= 4 is 30.3 Å². The quantitative estimate of drug-likeness (QED) is 0.459. The van der Waals surface area contributed by atoms with Gasteiger partial charge in [0.25, 0.3) is 5.69 Å². The largest absolute Gasteiger partial charge is 0.429 e. The van der Waals surface area contributed by atoms with Crippen LogP contribution in [0.1, 0.15) is 37.0 Å². The van der Waals surface area contributed by atoms with Crippen molar-refractivity contribution in [3.8, 4) is 0 Å². The molecule has 1 heterocycles. The van der Waals surface area contributed by atoms with Crippen molar-refractivity contribution in [1.29, 1.82) is 0 Å². The van der Waals surface area contributed by atoms with E-state index in [0.29, 0.717) is 23.2 Å². The zero-order valence-corrected chi connectivity index (χ0v) is 15.7. The van der Waals surface area contributed by atoms with Crippen molar-refractivity contribution in [3.63, 3.8) is 0 Å². The third kappa shape index (κ3) is 3.57. The fourth-order valence-electron chi connectivity index (χ4n) is 2.80. The molecule has 1 N–H and O–H groups in total. The van der Waals surface area contributed by atoms with Crippen LogP contribution in [0, 0.1) is 10.1 Å². The zero-order chi connectivity index (χ0) is 18.7. The van der Waals surface area contributed by atoms with Crippen molar-refractivity contribution < 1.29 is 14.0 Å². The molecule has 0 saturated heterocycles. The Bertz CT molecular complexity index is 906. The van der Waals surface area contributed by atoms with Gasteiger partial charge in [-0.05, 0) is 36.1 Å². The van der Waals surface area contributed by atoms with E-state index >= 15 is 0 Å². The summed E-state index contributed by atoms with van der Waals surface area (Å²) in [5.41, 5.74) is 2.59. The van der Waals surface area contributed by atoms with Crippen LogP contribution in [0.5, 0.6) is 0 Å². The molecule has 1 aliphatic rings. The summed E-state index contributed by atoms with van der Waals surface area (Å²) in [7, 11) is -3.45. The Labute approximate surface area is 152 Å². The predicted molar refractivity (Wildman–Crippen MR) is 103 cm³/mol. The van der Waals surface area contributed by atoms with Gasteiger partial charge in [0.1, 0.15) is 5.76 Å². The zero-order valence-electron chi connectivity index (χ0n) is 14.8. The summed E-state index contributed by atoms with van der Waals surface area (Å²) in [4.78, 5) is 10.6. The van der Waals surface area contributed by atoms with Gasteiger partial charge in [-0.2, -0.15) is 0 Å². The van der Waals surface area contributed by atoms with Crippen LogP contribution < -0.4 is 10.4 Å². The molecule has 6 nitrogen and oxygen atoms in total. The lowest BCUT2D eigenvalue weighted by Crippen LogP contribution is -2.26. The van der Waals surface area contributed by atoms with Crippen molar-refractivity contribution in [3.05, 3.63) is 69.3 Å². The van der Waals surface area contributed by atoms with E-state index in [4.69, 9.17) is 4.52 Å². The molecule has 1 atom stereocenters. The third-order valence-electron chi connectivity index (χ3n) is 4.27. The maximum absolute atomic E-state index is 13.5. The number of fused-ring (bicyclic) bond motifs is 1. The van der Waals surface area contributed by atoms with Crippen molar-refractivity contribution in [2.45, 2.75) is 26.7 Å². The lowest BCUT2D eigenvalue weighted by atomic mass is 10.1. The summed E-state index contributed by atoms with van der Waals surface area (Å²) in [5.74, 6) is 0.501. The predicted octanol–water partition coefficient (Wildman–Crippen LogP) is 4.50. The molecular formula is C19H21N2O4P. The standard InChI is InChI=1S/C19H21N2O4P/c1-3-11-20-26(24)19-13-17(21(22)23)10-9-16(19)12-18(25-26)15-7-5-14(4-2)6-8-15/h5-10,12-13H,3-4,11H2,1-2H3,(H,20,24). The molecule has 0 spiro atoms. The van der Waals surface area contributed by atoms with Crippen LogP contribution in [0.25, 0.3) is 11.8 Å². The van der Waals surface area contributed by atoms with Gasteiger partial charge in [-0.25, -0.2) is 5.09 Å². The minimum atomic E-state index is -3.45. The Balaban J connectivity index is 2.09. The number of nitro benzene ring substituents is 1. The summed E-state index contributed by atoms with van der Waals surface area (Å²) in [5, 5.41) is 14.4. The monoisotopic (exact) mass is 372 g/mol. The molecule has 0 fully saturated rings. The third-order valence-corrected chi connectivity index (χ3v) is 6.39. The first kappa shape index (κ1) is 18.4. The second-order valence-corrected chi connectivity index (χ2v) is 8.19. The van der Waals surface area contributed by atoms with E-state index in [1.807, 2.05) is 31.2 Å². The topological polar surface area (TPSA) is 81.5 Å². The smallest absolute Gasteiger partial charge is 0.347 e. The van der Waals surface area contributed by atoms with E-state index in [-0.39, 0.29) is 5.69 Å². The second-order valence-electron chi connectivity index (χ2n) is 6.11. The van der Waals surface area contributed by atoms with Crippen LogP contribution >= 0.6 is 7.52 Å². The van der Waals surface area contributed by atoms with E-state index in [2.05, 4.69) is 12.0 Å². The van der Waals surface area contributed by atoms with Crippen LogP contribution in [-0.4, -0.2) is 11.5 Å².